The Balaban J connectivity index is 1.66. The molecule has 9 heteroatoms. The van der Waals surface area contributed by atoms with Crippen molar-refractivity contribution in [2.75, 3.05) is 11.9 Å². The van der Waals surface area contributed by atoms with E-state index in [1.807, 2.05) is 0 Å². The zero-order valence-electron chi connectivity index (χ0n) is 15.2. The monoisotopic (exact) mass is 396 g/mol. The van der Waals surface area contributed by atoms with Crippen LogP contribution in [0.3, 0.4) is 0 Å². The molecular formula is C19H20F4N4O. The first-order valence-corrected chi connectivity index (χ1v) is 9.24. The van der Waals surface area contributed by atoms with Crippen molar-refractivity contribution in [1.82, 2.24) is 14.7 Å². The van der Waals surface area contributed by atoms with E-state index in [1.54, 1.807) is 19.1 Å². The molecule has 1 aromatic carbocycles. The molecule has 5 nitrogen and oxygen atoms in total. The predicted molar refractivity (Wildman–Crippen MR) is 94.4 cm³/mol. The molecule has 4 rings (SSSR count). The number of hydrogen-bond donors (Lipinski definition) is 1. The van der Waals surface area contributed by atoms with Crippen LogP contribution in [0.5, 0.6) is 0 Å². The molecule has 1 aromatic heterocycles. The number of carbonyl (C=O) groups is 1. The molecule has 0 bridgehead atoms. The summed E-state index contributed by atoms with van der Waals surface area (Å²) in [5.41, 5.74) is 0.353. The van der Waals surface area contributed by atoms with Crippen LogP contribution < -0.4 is 5.32 Å². The van der Waals surface area contributed by atoms with Crippen molar-refractivity contribution in [3.63, 3.8) is 0 Å². The Bertz CT molecular complexity index is 894. The van der Waals surface area contributed by atoms with Crippen LogP contribution >= 0.6 is 0 Å². The summed E-state index contributed by atoms with van der Waals surface area (Å²) >= 11 is 0. The number of nitrogens with one attached hydrogen (secondary N) is 1. The van der Waals surface area contributed by atoms with Crippen LogP contribution in [0.25, 0.3) is 0 Å². The molecule has 3 atom stereocenters. The first kappa shape index (κ1) is 18.8. The van der Waals surface area contributed by atoms with Crippen molar-refractivity contribution in [3.05, 3.63) is 47.4 Å². The number of amides is 1. The van der Waals surface area contributed by atoms with Crippen LogP contribution in [-0.4, -0.2) is 39.4 Å². The highest BCUT2D eigenvalue weighted by Gasteiger charge is 2.46. The molecular weight excluding hydrogens is 376 g/mol. The summed E-state index contributed by atoms with van der Waals surface area (Å²) in [5.74, 6) is -0.795. The number of carbonyl (C=O) groups excluding carboxylic acids is 1. The first-order valence-electron chi connectivity index (χ1n) is 9.24. The molecule has 1 N–H and O–H groups in total. The lowest BCUT2D eigenvalue weighted by Gasteiger charge is -2.31. The van der Waals surface area contributed by atoms with Crippen LogP contribution in [0.2, 0.25) is 0 Å². The van der Waals surface area contributed by atoms with Crippen molar-refractivity contribution in [1.29, 1.82) is 0 Å². The van der Waals surface area contributed by atoms with E-state index in [0.29, 0.717) is 30.9 Å². The second kappa shape index (κ2) is 6.79. The number of likely N-dealkylation sites (tertiary alicyclic amines) is 1. The highest BCUT2D eigenvalue weighted by Crippen LogP contribution is 2.41. The van der Waals surface area contributed by atoms with Crippen LogP contribution in [0.1, 0.15) is 54.3 Å². The Morgan fingerprint density at radius 1 is 1.29 bits per heavy atom. The minimum Gasteiger partial charge on any atom is -0.368 e. The minimum atomic E-state index is -4.41. The molecule has 0 saturated carbocycles. The number of hydrogen-bond acceptors (Lipinski definition) is 3. The topological polar surface area (TPSA) is 50.2 Å². The van der Waals surface area contributed by atoms with E-state index in [1.165, 1.54) is 23.1 Å². The Morgan fingerprint density at radius 2 is 2.04 bits per heavy atom. The van der Waals surface area contributed by atoms with Crippen molar-refractivity contribution >= 4 is 11.7 Å². The largest absolute Gasteiger partial charge is 0.410 e. The standard InChI is InChI=1S/C19H20F4N4O/c1-11-9-16(19(21,22)23)27-17(24-11)10-14(25-27)15-7-4-8-26(15)18(28)12-5-2-3-6-13(12)20/h2-3,5-6,10-11,15-16,24H,4,7-9H2,1H3/t11-,15+,16-/m1/s1. The molecule has 1 saturated heterocycles. The molecule has 0 spiro atoms. The fourth-order valence-electron chi connectivity index (χ4n) is 4.05. The van der Waals surface area contributed by atoms with E-state index in [4.69, 9.17) is 0 Å². The van der Waals surface area contributed by atoms with Crippen molar-refractivity contribution in [3.8, 4) is 0 Å². The molecule has 3 heterocycles. The number of halogens is 4. The highest BCUT2D eigenvalue weighted by atomic mass is 19.4. The van der Waals surface area contributed by atoms with Gasteiger partial charge in [-0.15, -0.1) is 0 Å². The number of benzene rings is 1. The van der Waals surface area contributed by atoms with E-state index in [-0.39, 0.29) is 18.0 Å². The molecule has 28 heavy (non-hydrogen) atoms. The summed E-state index contributed by atoms with van der Waals surface area (Å²) in [5, 5.41) is 7.24. The first-order chi connectivity index (χ1) is 13.3. The maximum absolute atomic E-state index is 14.0. The molecule has 0 aliphatic carbocycles. The van der Waals surface area contributed by atoms with Gasteiger partial charge in [0.05, 0.1) is 17.3 Å². The molecule has 150 valence electrons. The summed E-state index contributed by atoms with van der Waals surface area (Å²) in [6.45, 7) is 2.10. The second-order valence-electron chi connectivity index (χ2n) is 7.37. The Kier molecular flexibility index (Phi) is 4.55. The lowest BCUT2D eigenvalue weighted by molar-refractivity contribution is -0.173. The van der Waals surface area contributed by atoms with Crippen LogP contribution in [0.4, 0.5) is 23.4 Å². The lowest BCUT2D eigenvalue weighted by atomic mass is 10.1. The van der Waals surface area contributed by atoms with Gasteiger partial charge in [0.2, 0.25) is 0 Å². The summed E-state index contributed by atoms with van der Waals surface area (Å²) in [6.07, 6.45) is -3.27. The third-order valence-electron chi connectivity index (χ3n) is 5.36. The summed E-state index contributed by atoms with van der Waals surface area (Å²) in [4.78, 5) is 14.3. The van der Waals surface area contributed by atoms with Gasteiger partial charge >= 0.3 is 6.18 Å². The van der Waals surface area contributed by atoms with Gasteiger partial charge in [-0.2, -0.15) is 18.3 Å². The normalized spacial score (nSPS) is 24.8. The van der Waals surface area contributed by atoms with E-state index in [0.717, 1.165) is 4.68 Å². The molecule has 2 aliphatic heterocycles. The van der Waals surface area contributed by atoms with Gasteiger partial charge in [0.15, 0.2) is 6.04 Å². The summed E-state index contributed by atoms with van der Waals surface area (Å²) in [7, 11) is 0. The number of nitrogens with zero attached hydrogens (tertiary/aromatic N) is 3. The quantitative estimate of drug-likeness (QED) is 0.770. The average Bonchev–Trinajstić information content (AvgIpc) is 3.26. The minimum absolute atomic E-state index is 0.0433. The maximum atomic E-state index is 14.0. The van der Waals surface area contributed by atoms with Gasteiger partial charge in [-0.05, 0) is 38.3 Å². The second-order valence-corrected chi connectivity index (χ2v) is 7.37. The van der Waals surface area contributed by atoms with Gasteiger partial charge in [-0.3, -0.25) is 4.79 Å². The van der Waals surface area contributed by atoms with Crippen LogP contribution in [-0.2, 0) is 0 Å². The maximum Gasteiger partial charge on any atom is 0.410 e. The van der Waals surface area contributed by atoms with Gasteiger partial charge in [-0.1, -0.05) is 12.1 Å². The van der Waals surface area contributed by atoms with Crippen molar-refractivity contribution in [2.24, 2.45) is 0 Å². The van der Waals surface area contributed by atoms with Gasteiger partial charge in [0, 0.05) is 18.7 Å². The number of alkyl halides is 3. The molecule has 1 amide bonds. The average molecular weight is 396 g/mol. The number of rotatable bonds is 2. The van der Waals surface area contributed by atoms with Gasteiger partial charge in [0.25, 0.3) is 5.91 Å². The molecule has 1 fully saturated rings. The van der Waals surface area contributed by atoms with E-state index in [9.17, 15) is 22.4 Å². The van der Waals surface area contributed by atoms with Gasteiger partial charge in [0.1, 0.15) is 11.6 Å². The fourth-order valence-corrected chi connectivity index (χ4v) is 4.05. The molecule has 0 radical (unpaired) electrons. The Hall–Kier alpha value is -2.58. The van der Waals surface area contributed by atoms with Crippen LogP contribution in [0, 0.1) is 5.82 Å². The van der Waals surface area contributed by atoms with Crippen molar-refractivity contribution < 1.29 is 22.4 Å². The van der Waals surface area contributed by atoms with Crippen molar-refractivity contribution in [2.45, 2.75) is 50.5 Å². The molecule has 2 aromatic rings. The SMILES string of the molecule is C[C@@H]1C[C@H](C(F)(F)F)n2nc([C@@H]3CCCN3C(=O)c3ccccc3F)cc2N1. The smallest absolute Gasteiger partial charge is 0.368 e. The summed E-state index contributed by atoms with van der Waals surface area (Å²) < 4.78 is 55.4. The number of anilines is 1. The highest BCUT2D eigenvalue weighted by molar-refractivity contribution is 5.95. The lowest BCUT2D eigenvalue weighted by Crippen LogP contribution is -2.38. The third kappa shape index (κ3) is 3.22. The zero-order valence-corrected chi connectivity index (χ0v) is 15.2. The van der Waals surface area contributed by atoms with Crippen LogP contribution in [0.15, 0.2) is 30.3 Å². The number of aromatic nitrogens is 2. The van der Waals surface area contributed by atoms with E-state index < -0.39 is 30.0 Å². The Morgan fingerprint density at radius 3 is 2.75 bits per heavy atom. The van der Waals surface area contributed by atoms with E-state index >= 15 is 0 Å². The molecule has 0 unspecified atom stereocenters. The Labute approximate surface area is 159 Å². The predicted octanol–water partition coefficient (Wildman–Crippen LogP) is 4.31. The van der Waals surface area contributed by atoms with Gasteiger partial charge < -0.3 is 10.2 Å². The molecule has 2 aliphatic rings. The zero-order chi connectivity index (χ0) is 20.1. The van der Waals surface area contributed by atoms with Gasteiger partial charge in [-0.25, -0.2) is 9.07 Å². The van der Waals surface area contributed by atoms with E-state index in [2.05, 4.69) is 10.4 Å². The fraction of sp³-hybridized carbons (Fsp3) is 0.474. The summed E-state index contributed by atoms with van der Waals surface area (Å²) in [6, 6.07) is 4.76. The third-order valence-corrected chi connectivity index (χ3v) is 5.36. The number of fused-ring (bicyclic) bond motifs is 1.